The van der Waals surface area contributed by atoms with Gasteiger partial charge in [0.15, 0.2) is 11.5 Å². The Morgan fingerprint density at radius 2 is 1.85 bits per heavy atom. The molecule has 0 aliphatic carbocycles. The summed E-state index contributed by atoms with van der Waals surface area (Å²) in [6, 6.07) is 12.9. The van der Waals surface area contributed by atoms with E-state index >= 15 is 0 Å². The van der Waals surface area contributed by atoms with Crippen LogP contribution in [0.5, 0.6) is 11.5 Å². The molecular formula is C20H18BrNO4S. The molecule has 3 rings (SSSR count). The van der Waals surface area contributed by atoms with Crippen LogP contribution in [0.15, 0.2) is 51.8 Å². The molecular weight excluding hydrogens is 430 g/mol. The molecule has 1 fully saturated rings. The molecule has 0 aromatic heterocycles. The van der Waals surface area contributed by atoms with Gasteiger partial charge in [-0.1, -0.05) is 34.1 Å². The number of hydrogen-bond acceptors (Lipinski definition) is 5. The van der Waals surface area contributed by atoms with Crippen molar-refractivity contribution >= 4 is 44.9 Å². The summed E-state index contributed by atoms with van der Waals surface area (Å²) in [6.07, 6.45) is 1.70. The van der Waals surface area contributed by atoms with Crippen molar-refractivity contribution in [1.82, 2.24) is 4.90 Å². The Bertz CT molecular complexity index is 895. The minimum Gasteiger partial charge on any atom is -0.493 e. The van der Waals surface area contributed by atoms with Gasteiger partial charge in [-0.2, -0.15) is 0 Å². The molecule has 0 bridgehead atoms. The number of nitrogens with zero attached hydrogens (tertiary/aromatic N) is 1. The zero-order valence-corrected chi connectivity index (χ0v) is 17.3. The molecule has 1 aliphatic heterocycles. The van der Waals surface area contributed by atoms with Crippen LogP contribution in [0, 0.1) is 0 Å². The monoisotopic (exact) mass is 447 g/mol. The standard InChI is InChI=1S/C20H18BrNO4S/c1-3-26-17-10-14(6-9-16(17)25-2)11-18-19(23)22(20(24)27-18)12-13-4-7-15(21)8-5-13/h4-11H,3,12H2,1-2H3/b18-11-. The van der Waals surface area contributed by atoms with E-state index in [1.54, 1.807) is 25.3 Å². The molecule has 2 aromatic carbocycles. The van der Waals surface area contributed by atoms with Crippen molar-refractivity contribution in [1.29, 1.82) is 0 Å². The van der Waals surface area contributed by atoms with E-state index in [1.165, 1.54) is 4.90 Å². The summed E-state index contributed by atoms with van der Waals surface area (Å²) in [5, 5.41) is -0.271. The van der Waals surface area contributed by atoms with Crippen LogP contribution in [0.25, 0.3) is 6.08 Å². The molecule has 1 aliphatic rings. The number of amides is 2. The van der Waals surface area contributed by atoms with Gasteiger partial charge in [0, 0.05) is 4.47 Å². The first-order chi connectivity index (χ1) is 13.0. The number of hydrogen-bond donors (Lipinski definition) is 0. The molecule has 0 atom stereocenters. The third kappa shape index (κ3) is 4.54. The highest BCUT2D eigenvalue weighted by atomic mass is 79.9. The molecule has 2 amide bonds. The van der Waals surface area contributed by atoms with Gasteiger partial charge >= 0.3 is 0 Å². The SMILES string of the molecule is CCOc1cc(/C=C2\SC(=O)N(Cc3ccc(Br)cc3)C2=O)ccc1OC. The number of benzene rings is 2. The Hall–Kier alpha value is -2.25. The maximum absolute atomic E-state index is 12.7. The van der Waals surface area contributed by atoms with E-state index in [-0.39, 0.29) is 17.7 Å². The fourth-order valence-corrected chi connectivity index (χ4v) is 3.71. The zero-order chi connectivity index (χ0) is 19.4. The topological polar surface area (TPSA) is 55.8 Å². The van der Waals surface area contributed by atoms with Crippen LogP contribution in [0.2, 0.25) is 0 Å². The summed E-state index contributed by atoms with van der Waals surface area (Å²) >= 11 is 4.32. The minimum absolute atomic E-state index is 0.252. The maximum atomic E-state index is 12.7. The zero-order valence-electron chi connectivity index (χ0n) is 14.9. The first kappa shape index (κ1) is 19.5. The summed E-state index contributed by atoms with van der Waals surface area (Å²) in [5.74, 6) is 0.932. The normalized spacial score (nSPS) is 15.5. The van der Waals surface area contributed by atoms with Gasteiger partial charge in [-0.15, -0.1) is 0 Å². The van der Waals surface area contributed by atoms with Gasteiger partial charge in [-0.3, -0.25) is 14.5 Å². The van der Waals surface area contributed by atoms with Crippen LogP contribution in [-0.4, -0.2) is 29.8 Å². The number of imide groups is 1. The molecule has 5 nitrogen and oxygen atoms in total. The van der Waals surface area contributed by atoms with E-state index < -0.39 is 0 Å². The second-order valence-electron chi connectivity index (χ2n) is 5.74. The number of carbonyl (C=O) groups excluding carboxylic acids is 2. The second kappa shape index (κ2) is 8.63. The lowest BCUT2D eigenvalue weighted by Gasteiger charge is -2.12. The molecule has 7 heteroatoms. The molecule has 27 heavy (non-hydrogen) atoms. The highest BCUT2D eigenvalue weighted by molar-refractivity contribution is 9.10. The average Bonchev–Trinajstić information content (AvgIpc) is 2.91. The van der Waals surface area contributed by atoms with Gasteiger partial charge in [-0.25, -0.2) is 0 Å². The summed E-state index contributed by atoms with van der Waals surface area (Å²) in [6.45, 7) is 2.64. The Labute approximate surface area is 170 Å². The quantitative estimate of drug-likeness (QED) is 0.576. The van der Waals surface area contributed by atoms with E-state index in [2.05, 4.69) is 15.9 Å². The van der Waals surface area contributed by atoms with Crippen LogP contribution in [-0.2, 0) is 11.3 Å². The molecule has 0 unspecified atom stereocenters. The van der Waals surface area contributed by atoms with E-state index in [0.717, 1.165) is 27.4 Å². The lowest BCUT2D eigenvalue weighted by atomic mass is 10.1. The molecule has 0 spiro atoms. The van der Waals surface area contributed by atoms with Gasteiger partial charge in [0.1, 0.15) is 0 Å². The van der Waals surface area contributed by atoms with Crippen molar-refractivity contribution in [2.75, 3.05) is 13.7 Å². The number of methoxy groups -OCH3 is 1. The third-order valence-electron chi connectivity index (χ3n) is 3.91. The lowest BCUT2D eigenvalue weighted by molar-refractivity contribution is -0.123. The third-order valence-corrected chi connectivity index (χ3v) is 5.35. The number of ether oxygens (including phenoxy) is 2. The van der Waals surface area contributed by atoms with Gasteiger partial charge in [-0.05, 0) is 60.2 Å². The summed E-state index contributed by atoms with van der Waals surface area (Å²) < 4.78 is 11.8. The Kier molecular flexibility index (Phi) is 6.23. The summed E-state index contributed by atoms with van der Waals surface area (Å²) in [4.78, 5) is 26.6. The molecule has 0 radical (unpaired) electrons. The fraction of sp³-hybridized carbons (Fsp3) is 0.200. The average molecular weight is 448 g/mol. The lowest BCUT2D eigenvalue weighted by Crippen LogP contribution is -2.27. The van der Waals surface area contributed by atoms with E-state index in [9.17, 15) is 9.59 Å². The van der Waals surface area contributed by atoms with Crippen molar-refractivity contribution in [2.45, 2.75) is 13.5 Å². The Balaban J connectivity index is 1.81. The molecule has 1 saturated heterocycles. The van der Waals surface area contributed by atoms with Crippen molar-refractivity contribution in [3.8, 4) is 11.5 Å². The van der Waals surface area contributed by atoms with Gasteiger partial charge in [0.2, 0.25) is 0 Å². The Morgan fingerprint density at radius 3 is 2.52 bits per heavy atom. The van der Waals surface area contributed by atoms with Crippen LogP contribution in [0.1, 0.15) is 18.1 Å². The van der Waals surface area contributed by atoms with E-state index in [4.69, 9.17) is 9.47 Å². The second-order valence-corrected chi connectivity index (χ2v) is 7.65. The maximum Gasteiger partial charge on any atom is 0.293 e. The highest BCUT2D eigenvalue weighted by Crippen LogP contribution is 2.35. The predicted molar refractivity (Wildman–Crippen MR) is 110 cm³/mol. The van der Waals surface area contributed by atoms with Gasteiger partial charge < -0.3 is 9.47 Å². The largest absolute Gasteiger partial charge is 0.493 e. The van der Waals surface area contributed by atoms with Crippen LogP contribution >= 0.6 is 27.7 Å². The predicted octanol–water partition coefficient (Wildman–Crippen LogP) is 5.09. The van der Waals surface area contributed by atoms with Crippen molar-refractivity contribution in [3.05, 3.63) is 63.0 Å². The first-order valence-electron chi connectivity index (χ1n) is 8.32. The van der Waals surface area contributed by atoms with Crippen molar-refractivity contribution in [2.24, 2.45) is 0 Å². The minimum atomic E-state index is -0.290. The number of carbonyl (C=O) groups is 2. The van der Waals surface area contributed by atoms with Gasteiger partial charge in [0.05, 0.1) is 25.2 Å². The van der Waals surface area contributed by atoms with Gasteiger partial charge in [0.25, 0.3) is 11.1 Å². The Morgan fingerprint density at radius 1 is 1.11 bits per heavy atom. The molecule has 2 aromatic rings. The number of rotatable bonds is 6. The molecule has 0 saturated carbocycles. The smallest absolute Gasteiger partial charge is 0.293 e. The van der Waals surface area contributed by atoms with Crippen molar-refractivity contribution in [3.63, 3.8) is 0 Å². The van der Waals surface area contributed by atoms with E-state index in [1.807, 2.05) is 37.3 Å². The van der Waals surface area contributed by atoms with Crippen LogP contribution in [0.3, 0.4) is 0 Å². The summed E-state index contributed by atoms with van der Waals surface area (Å²) in [5.41, 5.74) is 1.67. The first-order valence-corrected chi connectivity index (χ1v) is 9.93. The number of thioether (sulfide) groups is 1. The molecule has 140 valence electrons. The van der Waals surface area contributed by atoms with Crippen molar-refractivity contribution < 1.29 is 19.1 Å². The molecule has 0 N–H and O–H groups in total. The van der Waals surface area contributed by atoms with E-state index in [0.29, 0.717) is 23.0 Å². The highest BCUT2D eigenvalue weighted by Gasteiger charge is 2.35. The molecule has 1 heterocycles. The fourth-order valence-electron chi connectivity index (χ4n) is 2.61. The van der Waals surface area contributed by atoms with Crippen LogP contribution < -0.4 is 9.47 Å². The summed E-state index contributed by atoms with van der Waals surface area (Å²) in [7, 11) is 1.57. The van der Waals surface area contributed by atoms with Crippen LogP contribution in [0.4, 0.5) is 4.79 Å². The number of halogens is 1.